The second kappa shape index (κ2) is 9.51. The van der Waals surface area contributed by atoms with E-state index in [0.717, 1.165) is 12.1 Å². The Balaban J connectivity index is 1.24. The monoisotopic (exact) mass is 490 g/mol. The van der Waals surface area contributed by atoms with Gasteiger partial charge in [0.25, 0.3) is 15.9 Å². The molecule has 35 heavy (non-hydrogen) atoms. The van der Waals surface area contributed by atoms with Crippen molar-refractivity contribution in [3.63, 3.8) is 0 Å². The Morgan fingerprint density at radius 2 is 1.60 bits per heavy atom. The van der Waals surface area contributed by atoms with Gasteiger partial charge in [0.1, 0.15) is 0 Å². The van der Waals surface area contributed by atoms with Crippen LogP contribution in [-0.2, 0) is 10.0 Å². The largest absolute Gasteiger partial charge is 0.490 e. The van der Waals surface area contributed by atoms with E-state index in [2.05, 4.69) is 15.1 Å². The fourth-order valence-corrected chi connectivity index (χ4v) is 4.61. The van der Waals surface area contributed by atoms with Crippen LogP contribution in [0.2, 0.25) is 0 Å². The minimum atomic E-state index is -3.84. The second-order valence-corrected chi connectivity index (χ2v) is 9.48. The van der Waals surface area contributed by atoms with Crippen LogP contribution in [0.1, 0.15) is 16.8 Å². The van der Waals surface area contributed by atoms with Crippen LogP contribution < -0.4 is 19.5 Å². The number of ether oxygens (including phenoxy) is 2. The number of nitrogens with zero attached hydrogens (tertiary/aromatic N) is 2. The third-order valence-electron chi connectivity index (χ3n) is 5.32. The van der Waals surface area contributed by atoms with Gasteiger partial charge in [0.15, 0.2) is 11.5 Å². The summed E-state index contributed by atoms with van der Waals surface area (Å²) in [6, 6.07) is 19.8. The van der Waals surface area contributed by atoms with Gasteiger partial charge in [0.05, 0.1) is 23.8 Å². The van der Waals surface area contributed by atoms with Crippen LogP contribution in [0.4, 0.5) is 11.4 Å². The average Bonchev–Trinajstić information content (AvgIpc) is 3.30. The number of benzene rings is 3. The molecule has 2 heterocycles. The molecule has 0 unspecified atom stereocenters. The van der Waals surface area contributed by atoms with E-state index in [-0.39, 0.29) is 10.8 Å². The summed E-state index contributed by atoms with van der Waals surface area (Å²) in [6.07, 6.45) is 4.23. The highest BCUT2D eigenvalue weighted by Gasteiger charge is 2.19. The highest BCUT2D eigenvalue weighted by Crippen LogP contribution is 2.32. The lowest BCUT2D eigenvalue weighted by atomic mass is 10.2. The normalized spacial score (nSPS) is 13.0. The zero-order valence-corrected chi connectivity index (χ0v) is 19.4. The Morgan fingerprint density at radius 1 is 0.886 bits per heavy atom. The summed E-state index contributed by atoms with van der Waals surface area (Å²) < 4.78 is 41.1. The molecule has 1 amide bonds. The molecule has 0 bridgehead atoms. The van der Waals surface area contributed by atoms with Crippen LogP contribution in [0, 0.1) is 0 Å². The summed E-state index contributed by atoms with van der Waals surface area (Å²) in [5.41, 5.74) is 2.22. The molecule has 1 aromatic heterocycles. The number of amides is 1. The molecule has 4 aromatic rings. The van der Waals surface area contributed by atoms with Gasteiger partial charge in [-0.05, 0) is 66.7 Å². The molecule has 5 rings (SSSR count). The number of aromatic nitrogens is 2. The van der Waals surface area contributed by atoms with E-state index in [1.165, 1.54) is 12.1 Å². The minimum Gasteiger partial charge on any atom is -0.490 e. The molecule has 0 spiro atoms. The standard InChI is InChI=1S/C25H22N4O5S/c30-25(18-3-9-21(10-4-18)29-14-1-13-26-29)27-19-5-7-20(8-6-19)28-35(31,32)22-11-12-23-24(17-22)34-16-2-15-33-23/h1,3-14,17,28H,2,15-16H2,(H,27,30). The summed E-state index contributed by atoms with van der Waals surface area (Å²) >= 11 is 0. The smallest absolute Gasteiger partial charge is 0.262 e. The van der Waals surface area contributed by atoms with Crippen LogP contribution in [0.15, 0.2) is 90.1 Å². The van der Waals surface area contributed by atoms with E-state index in [1.54, 1.807) is 65.5 Å². The fourth-order valence-electron chi connectivity index (χ4n) is 3.54. The van der Waals surface area contributed by atoms with Gasteiger partial charge in [-0.25, -0.2) is 13.1 Å². The number of carbonyl (C=O) groups excluding carboxylic acids is 1. The molecule has 0 fully saturated rings. The van der Waals surface area contributed by atoms with Crippen molar-refractivity contribution in [1.29, 1.82) is 0 Å². The van der Waals surface area contributed by atoms with E-state index >= 15 is 0 Å². The Labute approximate surface area is 202 Å². The quantitative estimate of drug-likeness (QED) is 0.421. The van der Waals surface area contributed by atoms with Crippen molar-refractivity contribution in [2.75, 3.05) is 23.3 Å². The summed E-state index contributed by atoms with van der Waals surface area (Å²) in [7, 11) is -3.84. The summed E-state index contributed by atoms with van der Waals surface area (Å²) in [5, 5.41) is 6.97. The SMILES string of the molecule is O=C(Nc1ccc(NS(=O)(=O)c2ccc3c(c2)OCCCO3)cc1)c1ccc(-n2cccn2)cc1. The first-order chi connectivity index (χ1) is 17.0. The first kappa shape index (κ1) is 22.5. The summed E-state index contributed by atoms with van der Waals surface area (Å²) in [5.74, 6) is 0.649. The molecule has 2 N–H and O–H groups in total. The maximum Gasteiger partial charge on any atom is 0.262 e. The molecule has 0 saturated heterocycles. The van der Waals surface area contributed by atoms with Gasteiger partial charge in [0.2, 0.25) is 0 Å². The van der Waals surface area contributed by atoms with Crippen molar-refractivity contribution in [2.24, 2.45) is 0 Å². The van der Waals surface area contributed by atoms with Crippen molar-refractivity contribution in [3.05, 3.63) is 90.8 Å². The maximum atomic E-state index is 12.9. The Kier molecular flexibility index (Phi) is 6.11. The van der Waals surface area contributed by atoms with E-state index in [9.17, 15) is 13.2 Å². The number of hydrogen-bond donors (Lipinski definition) is 2. The molecule has 9 nitrogen and oxygen atoms in total. The van der Waals surface area contributed by atoms with Gasteiger partial charge in [0, 0.05) is 41.8 Å². The number of hydrogen-bond acceptors (Lipinski definition) is 6. The van der Waals surface area contributed by atoms with Gasteiger partial charge >= 0.3 is 0 Å². The van der Waals surface area contributed by atoms with Gasteiger partial charge in [-0.15, -0.1) is 0 Å². The zero-order valence-electron chi connectivity index (χ0n) is 18.5. The molecule has 0 atom stereocenters. The predicted octanol–water partition coefficient (Wildman–Crippen LogP) is 4.09. The van der Waals surface area contributed by atoms with Crippen molar-refractivity contribution < 1.29 is 22.7 Å². The van der Waals surface area contributed by atoms with Crippen LogP contribution >= 0.6 is 0 Å². The van der Waals surface area contributed by atoms with E-state index in [1.807, 2.05) is 12.3 Å². The molecule has 0 radical (unpaired) electrons. The third kappa shape index (κ3) is 5.12. The van der Waals surface area contributed by atoms with Crippen LogP contribution in [-0.4, -0.2) is 37.3 Å². The molecule has 1 aliphatic heterocycles. The van der Waals surface area contributed by atoms with Gasteiger partial charge in [-0.1, -0.05) is 0 Å². The molecular formula is C25H22N4O5S. The second-order valence-electron chi connectivity index (χ2n) is 7.79. The van der Waals surface area contributed by atoms with Gasteiger partial charge in [-0.2, -0.15) is 5.10 Å². The van der Waals surface area contributed by atoms with Gasteiger partial charge in [-0.3, -0.25) is 9.52 Å². The van der Waals surface area contributed by atoms with Crippen molar-refractivity contribution in [1.82, 2.24) is 9.78 Å². The topological polar surface area (TPSA) is 112 Å². The average molecular weight is 491 g/mol. The predicted molar refractivity (Wildman–Crippen MR) is 131 cm³/mol. The number of rotatable bonds is 6. The number of anilines is 2. The highest BCUT2D eigenvalue weighted by molar-refractivity contribution is 7.92. The molecule has 178 valence electrons. The third-order valence-corrected chi connectivity index (χ3v) is 6.70. The fraction of sp³-hybridized carbons (Fsp3) is 0.120. The number of fused-ring (bicyclic) bond motifs is 1. The lowest BCUT2D eigenvalue weighted by Gasteiger charge is -2.12. The molecule has 0 saturated carbocycles. The minimum absolute atomic E-state index is 0.0673. The van der Waals surface area contributed by atoms with E-state index < -0.39 is 10.0 Å². The van der Waals surface area contributed by atoms with Crippen LogP contribution in [0.3, 0.4) is 0 Å². The van der Waals surface area contributed by atoms with Crippen molar-refractivity contribution >= 4 is 27.3 Å². The van der Waals surface area contributed by atoms with Crippen molar-refractivity contribution in [3.8, 4) is 17.2 Å². The molecule has 10 heteroatoms. The Morgan fingerprint density at radius 3 is 2.31 bits per heavy atom. The van der Waals surface area contributed by atoms with Gasteiger partial charge < -0.3 is 14.8 Å². The Bertz CT molecular complexity index is 1430. The number of carbonyl (C=O) groups is 1. The van der Waals surface area contributed by atoms with E-state index in [0.29, 0.717) is 41.7 Å². The molecule has 1 aliphatic rings. The number of nitrogens with one attached hydrogen (secondary N) is 2. The zero-order chi connectivity index (χ0) is 24.3. The summed E-state index contributed by atoms with van der Waals surface area (Å²) in [4.78, 5) is 12.7. The Hall–Kier alpha value is -4.31. The molecule has 0 aliphatic carbocycles. The van der Waals surface area contributed by atoms with Crippen molar-refractivity contribution in [2.45, 2.75) is 11.3 Å². The first-order valence-electron chi connectivity index (χ1n) is 10.9. The number of sulfonamides is 1. The van der Waals surface area contributed by atoms with Crippen LogP contribution in [0.5, 0.6) is 11.5 Å². The molecule has 3 aromatic carbocycles. The lowest BCUT2D eigenvalue weighted by molar-refractivity contribution is 0.102. The van der Waals surface area contributed by atoms with Crippen LogP contribution in [0.25, 0.3) is 5.69 Å². The highest BCUT2D eigenvalue weighted by atomic mass is 32.2. The lowest BCUT2D eigenvalue weighted by Crippen LogP contribution is -2.14. The maximum absolute atomic E-state index is 12.9. The first-order valence-corrected chi connectivity index (χ1v) is 12.4. The van der Waals surface area contributed by atoms with E-state index in [4.69, 9.17) is 9.47 Å². The summed E-state index contributed by atoms with van der Waals surface area (Å²) in [6.45, 7) is 0.989. The molecular weight excluding hydrogens is 468 g/mol.